The molecule has 0 saturated carbocycles. The van der Waals surface area contributed by atoms with E-state index in [0.29, 0.717) is 33.8 Å². The normalized spacial score (nSPS) is 13.0. The number of H-pyrrole nitrogens is 1. The van der Waals surface area contributed by atoms with Gasteiger partial charge in [0.05, 0.1) is 15.8 Å². The molecule has 3 nitrogen and oxygen atoms in total. The highest BCUT2D eigenvalue weighted by atomic mass is 35.5. The van der Waals surface area contributed by atoms with Gasteiger partial charge in [-0.05, 0) is 32.4 Å². The first-order valence-corrected chi connectivity index (χ1v) is 9.24. The van der Waals surface area contributed by atoms with Crippen molar-refractivity contribution in [3.63, 3.8) is 0 Å². The van der Waals surface area contributed by atoms with Crippen LogP contribution in [0.25, 0.3) is 28.4 Å². The first-order valence-electron chi connectivity index (χ1n) is 8.48. The first kappa shape index (κ1) is 18.6. The molecule has 0 spiro atoms. The van der Waals surface area contributed by atoms with E-state index in [1.54, 1.807) is 6.08 Å². The SMILES string of the molecule is C/C=C(Cl)\C(Cl)=C(/CC)c1ccc(-c2nc(-c3ccccc3)c(C)[nH]2)o1. The fourth-order valence-corrected chi connectivity index (χ4v) is 3.24. The summed E-state index contributed by atoms with van der Waals surface area (Å²) in [5, 5.41) is 1.03. The average Bonchev–Trinajstić information content (AvgIpc) is 3.29. The second-order valence-corrected chi connectivity index (χ2v) is 6.66. The molecule has 0 unspecified atom stereocenters. The van der Waals surface area contributed by atoms with Crippen molar-refractivity contribution in [1.82, 2.24) is 9.97 Å². The van der Waals surface area contributed by atoms with E-state index in [4.69, 9.17) is 32.6 Å². The van der Waals surface area contributed by atoms with E-state index in [1.165, 1.54) is 0 Å². The molecule has 2 heterocycles. The molecule has 134 valence electrons. The number of imidazole rings is 1. The molecule has 3 rings (SSSR count). The average molecular weight is 387 g/mol. The van der Waals surface area contributed by atoms with E-state index in [0.717, 1.165) is 22.5 Å². The molecule has 0 aliphatic rings. The standard InChI is InChI=1S/C21H20Cl2N2O/c1-4-15(19(23)16(22)5-2)17-11-12-18(26-17)21-24-13(3)20(25-21)14-9-7-6-8-10-14/h5-12H,4H2,1-3H3,(H,24,25)/b16-5+,19-15-. The minimum atomic E-state index is 0.512. The summed E-state index contributed by atoms with van der Waals surface area (Å²) in [4.78, 5) is 8.01. The summed E-state index contributed by atoms with van der Waals surface area (Å²) in [6, 6.07) is 13.9. The van der Waals surface area contributed by atoms with Crippen LogP contribution in [0.15, 0.2) is 63.0 Å². The summed E-state index contributed by atoms with van der Waals surface area (Å²) in [5.74, 6) is 2.05. The van der Waals surface area contributed by atoms with E-state index in [9.17, 15) is 0 Å². The molecule has 0 aliphatic carbocycles. The number of benzene rings is 1. The molecule has 0 fully saturated rings. The topological polar surface area (TPSA) is 41.8 Å². The van der Waals surface area contributed by atoms with Crippen molar-refractivity contribution in [2.45, 2.75) is 27.2 Å². The zero-order chi connectivity index (χ0) is 18.7. The van der Waals surface area contributed by atoms with Crippen molar-refractivity contribution in [2.75, 3.05) is 0 Å². The maximum atomic E-state index is 6.39. The molecule has 0 saturated heterocycles. The molecule has 1 N–H and O–H groups in total. The molecule has 3 aromatic rings. The van der Waals surface area contributed by atoms with Crippen LogP contribution in [0.4, 0.5) is 0 Å². The number of rotatable bonds is 5. The Labute approximate surface area is 163 Å². The van der Waals surface area contributed by atoms with Crippen LogP contribution in [-0.4, -0.2) is 9.97 Å². The first-order chi connectivity index (χ1) is 12.5. The number of furan rings is 1. The smallest absolute Gasteiger partial charge is 0.174 e. The van der Waals surface area contributed by atoms with E-state index >= 15 is 0 Å². The fraction of sp³-hybridized carbons (Fsp3) is 0.190. The Morgan fingerprint density at radius 2 is 1.88 bits per heavy atom. The van der Waals surface area contributed by atoms with Gasteiger partial charge in [-0.3, -0.25) is 0 Å². The minimum absolute atomic E-state index is 0.512. The van der Waals surface area contributed by atoms with E-state index in [2.05, 4.69) is 4.98 Å². The third-order valence-corrected chi connectivity index (χ3v) is 5.09. The Balaban J connectivity index is 1.99. The summed E-state index contributed by atoms with van der Waals surface area (Å²) in [6.07, 6.45) is 2.48. The van der Waals surface area contributed by atoms with Crippen LogP contribution in [0, 0.1) is 6.92 Å². The lowest BCUT2D eigenvalue weighted by Gasteiger charge is -2.05. The quantitative estimate of drug-likeness (QED) is 0.473. The molecule has 0 atom stereocenters. The number of nitrogens with zero attached hydrogens (tertiary/aromatic N) is 1. The minimum Gasteiger partial charge on any atom is -0.453 e. The van der Waals surface area contributed by atoms with Gasteiger partial charge in [0.25, 0.3) is 0 Å². The number of hydrogen-bond donors (Lipinski definition) is 1. The number of nitrogens with one attached hydrogen (secondary N) is 1. The van der Waals surface area contributed by atoms with Gasteiger partial charge >= 0.3 is 0 Å². The summed E-state index contributed by atoms with van der Waals surface area (Å²) in [6.45, 7) is 5.87. The molecule has 0 aliphatic heterocycles. The third kappa shape index (κ3) is 3.64. The molecule has 26 heavy (non-hydrogen) atoms. The Kier molecular flexibility index (Phi) is 5.70. The number of hydrogen-bond acceptors (Lipinski definition) is 2. The van der Waals surface area contributed by atoms with Gasteiger partial charge in [-0.25, -0.2) is 4.98 Å². The van der Waals surface area contributed by atoms with E-state index < -0.39 is 0 Å². The molecule has 0 bridgehead atoms. The number of halogens is 2. The third-order valence-electron chi connectivity index (χ3n) is 4.15. The van der Waals surface area contributed by atoms with Gasteiger partial charge < -0.3 is 9.40 Å². The predicted molar refractivity (Wildman–Crippen MR) is 109 cm³/mol. The summed E-state index contributed by atoms with van der Waals surface area (Å²) < 4.78 is 6.02. The second kappa shape index (κ2) is 7.98. The van der Waals surface area contributed by atoms with Crippen LogP contribution in [0.2, 0.25) is 0 Å². The van der Waals surface area contributed by atoms with Crippen LogP contribution in [0.1, 0.15) is 31.7 Å². The lowest BCUT2D eigenvalue weighted by molar-refractivity contribution is 0.561. The highest BCUT2D eigenvalue weighted by molar-refractivity contribution is 6.45. The van der Waals surface area contributed by atoms with Crippen LogP contribution in [0.5, 0.6) is 0 Å². The van der Waals surface area contributed by atoms with Crippen molar-refractivity contribution in [1.29, 1.82) is 0 Å². The maximum absolute atomic E-state index is 6.39. The monoisotopic (exact) mass is 386 g/mol. The van der Waals surface area contributed by atoms with Gasteiger partial charge in [0.1, 0.15) is 5.76 Å². The number of allylic oxidation sites excluding steroid dienone is 4. The summed E-state index contributed by atoms with van der Waals surface area (Å²) in [7, 11) is 0. The Morgan fingerprint density at radius 1 is 1.15 bits per heavy atom. The number of aromatic nitrogens is 2. The molecule has 1 aromatic carbocycles. The van der Waals surface area contributed by atoms with E-state index in [1.807, 2.05) is 63.2 Å². The lowest BCUT2D eigenvalue weighted by atomic mass is 10.1. The van der Waals surface area contributed by atoms with Crippen LogP contribution < -0.4 is 0 Å². The molecular formula is C21H20Cl2N2O. The molecular weight excluding hydrogens is 367 g/mol. The van der Waals surface area contributed by atoms with Gasteiger partial charge in [-0.2, -0.15) is 0 Å². The van der Waals surface area contributed by atoms with Crippen LogP contribution >= 0.6 is 23.2 Å². The predicted octanol–water partition coefficient (Wildman–Crippen LogP) is 7.15. The van der Waals surface area contributed by atoms with Gasteiger partial charge in [0, 0.05) is 16.8 Å². The Hall–Kier alpha value is -2.23. The van der Waals surface area contributed by atoms with Crippen molar-refractivity contribution < 1.29 is 4.42 Å². The highest BCUT2D eigenvalue weighted by Crippen LogP contribution is 2.34. The maximum Gasteiger partial charge on any atom is 0.174 e. The van der Waals surface area contributed by atoms with Crippen LogP contribution in [-0.2, 0) is 0 Å². The van der Waals surface area contributed by atoms with Gasteiger partial charge in [-0.1, -0.05) is 66.5 Å². The van der Waals surface area contributed by atoms with Gasteiger partial charge in [0.15, 0.2) is 11.6 Å². The zero-order valence-electron chi connectivity index (χ0n) is 14.9. The second-order valence-electron chi connectivity index (χ2n) is 5.87. The largest absolute Gasteiger partial charge is 0.453 e. The lowest BCUT2D eigenvalue weighted by Crippen LogP contribution is -1.85. The molecule has 0 amide bonds. The summed E-state index contributed by atoms with van der Waals surface area (Å²) in [5.41, 5.74) is 3.84. The van der Waals surface area contributed by atoms with Gasteiger partial charge in [-0.15, -0.1) is 0 Å². The van der Waals surface area contributed by atoms with Crippen molar-refractivity contribution >= 4 is 28.8 Å². The van der Waals surface area contributed by atoms with Crippen molar-refractivity contribution in [3.8, 4) is 22.8 Å². The number of aryl methyl sites for hydroxylation is 1. The van der Waals surface area contributed by atoms with E-state index in [-0.39, 0.29) is 0 Å². The zero-order valence-corrected chi connectivity index (χ0v) is 16.4. The van der Waals surface area contributed by atoms with Gasteiger partial charge in [0.2, 0.25) is 0 Å². The number of aromatic amines is 1. The summed E-state index contributed by atoms with van der Waals surface area (Å²) >= 11 is 12.6. The highest BCUT2D eigenvalue weighted by Gasteiger charge is 2.16. The Bertz CT molecular complexity index is 965. The Morgan fingerprint density at radius 3 is 2.54 bits per heavy atom. The van der Waals surface area contributed by atoms with Crippen LogP contribution in [0.3, 0.4) is 0 Å². The molecule has 0 radical (unpaired) electrons. The van der Waals surface area contributed by atoms with Crippen molar-refractivity contribution in [2.24, 2.45) is 0 Å². The van der Waals surface area contributed by atoms with Crippen molar-refractivity contribution in [3.05, 3.63) is 70.1 Å². The molecule has 5 heteroatoms. The fourth-order valence-electron chi connectivity index (χ4n) is 2.79. The molecule has 2 aromatic heterocycles.